The van der Waals surface area contributed by atoms with Crippen molar-refractivity contribution < 1.29 is 14.1 Å². The number of benzene rings is 3. The number of aromatic nitrogens is 1. The van der Waals surface area contributed by atoms with Crippen molar-refractivity contribution in [3.05, 3.63) is 87.8 Å². The van der Waals surface area contributed by atoms with E-state index in [0.29, 0.717) is 27.8 Å². The summed E-state index contributed by atoms with van der Waals surface area (Å²) in [5.41, 5.74) is 3.57. The van der Waals surface area contributed by atoms with Crippen molar-refractivity contribution in [1.82, 2.24) is 5.16 Å². The SMILES string of the molecule is Cc1noc(C)c1COc1cc2ccccc2cc1C(=O)Nc1cccc(Cl)c1C. The summed E-state index contributed by atoms with van der Waals surface area (Å²) in [7, 11) is 0. The van der Waals surface area contributed by atoms with Crippen LogP contribution in [0, 0.1) is 20.8 Å². The molecule has 3 aromatic carbocycles. The minimum Gasteiger partial charge on any atom is -0.488 e. The Morgan fingerprint density at radius 3 is 2.50 bits per heavy atom. The van der Waals surface area contributed by atoms with Crippen molar-refractivity contribution in [2.45, 2.75) is 27.4 Å². The molecule has 0 aliphatic carbocycles. The van der Waals surface area contributed by atoms with Gasteiger partial charge in [-0.1, -0.05) is 47.1 Å². The van der Waals surface area contributed by atoms with Crippen LogP contribution in [0.2, 0.25) is 5.02 Å². The van der Waals surface area contributed by atoms with Crippen LogP contribution < -0.4 is 10.1 Å². The lowest BCUT2D eigenvalue weighted by atomic mass is 10.0. The van der Waals surface area contributed by atoms with Crippen LogP contribution in [0.3, 0.4) is 0 Å². The van der Waals surface area contributed by atoms with Crippen LogP contribution in [0.25, 0.3) is 10.8 Å². The van der Waals surface area contributed by atoms with E-state index >= 15 is 0 Å². The molecule has 0 atom stereocenters. The van der Waals surface area contributed by atoms with Crippen molar-refractivity contribution >= 4 is 34.0 Å². The Morgan fingerprint density at radius 2 is 1.80 bits per heavy atom. The van der Waals surface area contributed by atoms with Gasteiger partial charge < -0.3 is 14.6 Å². The van der Waals surface area contributed by atoms with Crippen molar-refractivity contribution in [3.8, 4) is 5.75 Å². The molecular formula is C24H21ClN2O3. The lowest BCUT2D eigenvalue weighted by Gasteiger charge is -2.15. The Balaban J connectivity index is 1.70. The number of nitrogens with one attached hydrogen (secondary N) is 1. The van der Waals surface area contributed by atoms with E-state index in [1.165, 1.54) is 0 Å². The number of nitrogens with zero attached hydrogens (tertiary/aromatic N) is 1. The van der Waals surface area contributed by atoms with Gasteiger partial charge in [0.25, 0.3) is 5.91 Å². The fraction of sp³-hybridized carbons (Fsp3) is 0.167. The smallest absolute Gasteiger partial charge is 0.259 e. The molecule has 4 aromatic rings. The van der Waals surface area contributed by atoms with Crippen molar-refractivity contribution in [3.63, 3.8) is 0 Å². The Hall–Kier alpha value is -3.31. The first-order chi connectivity index (χ1) is 14.4. The molecule has 0 spiro atoms. The second-order valence-electron chi connectivity index (χ2n) is 7.15. The van der Waals surface area contributed by atoms with Crippen LogP contribution in [-0.4, -0.2) is 11.1 Å². The molecule has 0 saturated heterocycles. The Morgan fingerprint density at radius 1 is 1.07 bits per heavy atom. The summed E-state index contributed by atoms with van der Waals surface area (Å²) in [5.74, 6) is 0.930. The van der Waals surface area contributed by atoms with Gasteiger partial charge in [0, 0.05) is 10.7 Å². The van der Waals surface area contributed by atoms with Crippen LogP contribution in [0.5, 0.6) is 5.75 Å². The maximum atomic E-state index is 13.2. The second kappa shape index (κ2) is 8.20. The molecule has 152 valence electrons. The van der Waals surface area contributed by atoms with Gasteiger partial charge in [-0.05, 0) is 61.4 Å². The summed E-state index contributed by atoms with van der Waals surface area (Å²) in [6.07, 6.45) is 0. The number of carbonyl (C=O) groups is 1. The van der Waals surface area contributed by atoms with Gasteiger partial charge in [0.05, 0.1) is 16.8 Å². The van der Waals surface area contributed by atoms with E-state index in [4.69, 9.17) is 20.9 Å². The zero-order chi connectivity index (χ0) is 21.3. The number of halogens is 1. The van der Waals surface area contributed by atoms with E-state index in [9.17, 15) is 4.79 Å². The molecule has 1 N–H and O–H groups in total. The zero-order valence-electron chi connectivity index (χ0n) is 17.0. The highest BCUT2D eigenvalue weighted by atomic mass is 35.5. The molecule has 6 heteroatoms. The van der Waals surface area contributed by atoms with Gasteiger partial charge in [-0.15, -0.1) is 0 Å². The van der Waals surface area contributed by atoms with Gasteiger partial charge in [0.15, 0.2) is 0 Å². The lowest BCUT2D eigenvalue weighted by molar-refractivity contribution is 0.102. The quantitative estimate of drug-likeness (QED) is 0.415. The molecular weight excluding hydrogens is 400 g/mol. The van der Waals surface area contributed by atoms with Crippen molar-refractivity contribution in [1.29, 1.82) is 0 Å². The maximum Gasteiger partial charge on any atom is 0.259 e. The van der Waals surface area contributed by atoms with Crippen LogP contribution in [0.4, 0.5) is 5.69 Å². The van der Waals surface area contributed by atoms with Crippen LogP contribution in [-0.2, 0) is 6.61 Å². The molecule has 0 radical (unpaired) electrons. The number of hydrogen-bond donors (Lipinski definition) is 1. The van der Waals surface area contributed by atoms with E-state index in [2.05, 4.69) is 10.5 Å². The monoisotopic (exact) mass is 420 g/mol. The third-order valence-corrected chi connectivity index (χ3v) is 5.57. The van der Waals surface area contributed by atoms with E-state index in [1.807, 2.05) is 63.2 Å². The third kappa shape index (κ3) is 3.89. The molecule has 30 heavy (non-hydrogen) atoms. The minimum atomic E-state index is -0.264. The summed E-state index contributed by atoms with van der Waals surface area (Å²) in [6.45, 7) is 5.84. The Kier molecular flexibility index (Phi) is 5.46. The average molecular weight is 421 g/mol. The first-order valence-electron chi connectivity index (χ1n) is 9.58. The second-order valence-corrected chi connectivity index (χ2v) is 7.56. The van der Waals surface area contributed by atoms with Gasteiger partial charge >= 0.3 is 0 Å². The molecule has 1 heterocycles. The fourth-order valence-electron chi connectivity index (χ4n) is 3.31. The summed E-state index contributed by atoms with van der Waals surface area (Å²) < 4.78 is 11.3. The van der Waals surface area contributed by atoms with Gasteiger partial charge in [-0.2, -0.15) is 0 Å². The number of amides is 1. The number of aryl methyl sites for hydroxylation is 2. The number of ether oxygens (including phenoxy) is 1. The molecule has 0 fully saturated rings. The standard InChI is InChI=1S/C24H21ClN2O3/c1-14-21(25)9-6-10-22(14)26-24(28)19-11-17-7-4-5-8-18(17)12-23(19)29-13-20-15(2)27-30-16(20)3/h4-12H,13H2,1-3H3,(H,26,28). The van der Waals surface area contributed by atoms with Crippen LogP contribution in [0.15, 0.2) is 59.1 Å². The number of rotatable bonds is 5. The lowest BCUT2D eigenvalue weighted by Crippen LogP contribution is -2.15. The number of anilines is 1. The maximum absolute atomic E-state index is 13.2. The molecule has 1 amide bonds. The first-order valence-corrected chi connectivity index (χ1v) is 9.95. The normalized spacial score (nSPS) is 10.9. The Labute approximate surface area is 179 Å². The van der Waals surface area contributed by atoms with E-state index in [1.54, 1.807) is 12.1 Å². The number of hydrogen-bond acceptors (Lipinski definition) is 4. The van der Waals surface area contributed by atoms with Crippen molar-refractivity contribution in [2.24, 2.45) is 0 Å². The summed E-state index contributed by atoms with van der Waals surface area (Å²) >= 11 is 6.20. The number of carbonyl (C=O) groups excluding carboxylic acids is 1. The molecule has 1 aromatic heterocycles. The van der Waals surface area contributed by atoms with E-state index in [0.717, 1.165) is 27.6 Å². The third-order valence-electron chi connectivity index (χ3n) is 5.16. The zero-order valence-corrected chi connectivity index (χ0v) is 17.7. The molecule has 0 unspecified atom stereocenters. The summed E-state index contributed by atoms with van der Waals surface area (Å²) in [5, 5.41) is 9.46. The van der Waals surface area contributed by atoms with E-state index in [-0.39, 0.29) is 12.5 Å². The molecule has 0 aliphatic rings. The summed E-state index contributed by atoms with van der Waals surface area (Å²) in [4.78, 5) is 13.2. The molecule has 5 nitrogen and oxygen atoms in total. The highest BCUT2D eigenvalue weighted by Crippen LogP contribution is 2.30. The minimum absolute atomic E-state index is 0.260. The fourth-order valence-corrected chi connectivity index (χ4v) is 3.48. The van der Waals surface area contributed by atoms with Crippen LogP contribution >= 0.6 is 11.6 Å². The van der Waals surface area contributed by atoms with Gasteiger partial charge in [-0.25, -0.2) is 0 Å². The molecule has 0 saturated carbocycles. The van der Waals surface area contributed by atoms with Crippen LogP contribution in [0.1, 0.15) is 32.9 Å². The summed E-state index contributed by atoms with van der Waals surface area (Å²) in [6, 6.07) is 17.0. The number of fused-ring (bicyclic) bond motifs is 1. The molecule has 0 aliphatic heterocycles. The Bertz CT molecular complexity index is 1230. The van der Waals surface area contributed by atoms with Crippen molar-refractivity contribution in [2.75, 3.05) is 5.32 Å². The van der Waals surface area contributed by atoms with E-state index < -0.39 is 0 Å². The van der Waals surface area contributed by atoms with Gasteiger partial charge in [-0.3, -0.25) is 4.79 Å². The molecule has 0 bridgehead atoms. The highest BCUT2D eigenvalue weighted by molar-refractivity contribution is 6.31. The molecule has 4 rings (SSSR count). The first kappa shape index (κ1) is 20.0. The van der Waals surface area contributed by atoms with Gasteiger partial charge in [0.1, 0.15) is 18.1 Å². The average Bonchev–Trinajstić information content (AvgIpc) is 3.06. The topological polar surface area (TPSA) is 64.4 Å². The highest BCUT2D eigenvalue weighted by Gasteiger charge is 2.17. The largest absolute Gasteiger partial charge is 0.488 e. The predicted molar refractivity (Wildman–Crippen MR) is 118 cm³/mol. The van der Waals surface area contributed by atoms with Gasteiger partial charge in [0.2, 0.25) is 0 Å². The predicted octanol–water partition coefficient (Wildman–Crippen LogP) is 6.24.